The lowest BCUT2D eigenvalue weighted by atomic mass is 10.1. The summed E-state index contributed by atoms with van der Waals surface area (Å²) >= 11 is 0. The quantitative estimate of drug-likeness (QED) is 0.813. The fraction of sp³-hybridized carbons (Fsp3) is 0.111. The molecule has 4 nitrogen and oxygen atoms in total. The van der Waals surface area contributed by atoms with Gasteiger partial charge in [0, 0.05) is 0 Å². The van der Waals surface area contributed by atoms with Gasteiger partial charge in [-0.1, -0.05) is 6.07 Å². The van der Waals surface area contributed by atoms with Crippen molar-refractivity contribution < 1.29 is 32.6 Å². The molecule has 0 spiro atoms. The van der Waals surface area contributed by atoms with E-state index in [9.17, 15) is 22.8 Å². The van der Waals surface area contributed by atoms with E-state index < -0.39 is 29.2 Å². The summed E-state index contributed by atoms with van der Waals surface area (Å²) in [6, 6.07) is 3.09. The Hall–Kier alpha value is -2.05. The van der Waals surface area contributed by atoms with Crippen LogP contribution in [0.15, 0.2) is 18.2 Å². The van der Waals surface area contributed by atoms with Crippen LogP contribution in [0.4, 0.5) is 13.2 Å². The number of carboxylic acid groups (broad SMARTS) is 1. The van der Waals surface area contributed by atoms with E-state index in [1.165, 1.54) is 0 Å². The van der Waals surface area contributed by atoms with E-state index in [1.807, 2.05) is 0 Å². The monoisotopic (exact) mass is 234 g/mol. The Kier molecular flexibility index (Phi) is 3.17. The summed E-state index contributed by atoms with van der Waals surface area (Å²) in [6.45, 7) is 0. The summed E-state index contributed by atoms with van der Waals surface area (Å²) in [4.78, 5) is 21.1. The number of carbonyl (C=O) groups excluding carboxylic acids is 1. The number of rotatable bonds is 3. The lowest BCUT2D eigenvalue weighted by Crippen LogP contribution is -2.20. The summed E-state index contributed by atoms with van der Waals surface area (Å²) < 4.78 is 39.4. The Morgan fingerprint density at radius 2 is 2.00 bits per heavy atom. The highest BCUT2D eigenvalue weighted by Gasteiger charge is 2.34. The Morgan fingerprint density at radius 3 is 2.44 bits per heavy atom. The van der Waals surface area contributed by atoms with Crippen LogP contribution < -0.4 is 4.74 Å². The van der Waals surface area contributed by atoms with Gasteiger partial charge in [-0.25, -0.2) is 4.79 Å². The molecule has 86 valence electrons. The second kappa shape index (κ2) is 4.21. The summed E-state index contributed by atoms with van der Waals surface area (Å²) in [5, 5.41) is 8.62. The van der Waals surface area contributed by atoms with E-state index in [-0.39, 0.29) is 6.29 Å². The van der Waals surface area contributed by atoms with Gasteiger partial charge in [-0.05, 0) is 12.1 Å². The lowest BCUT2D eigenvalue weighted by Gasteiger charge is -2.12. The van der Waals surface area contributed by atoms with Crippen molar-refractivity contribution in [3.63, 3.8) is 0 Å². The molecule has 0 aliphatic rings. The van der Waals surface area contributed by atoms with Crippen molar-refractivity contribution in [2.45, 2.75) is 6.36 Å². The minimum Gasteiger partial charge on any atom is -0.478 e. The SMILES string of the molecule is O=Cc1cccc(C(=O)O)c1OC(F)(F)F. The van der Waals surface area contributed by atoms with Crippen molar-refractivity contribution in [1.29, 1.82) is 0 Å². The average molecular weight is 234 g/mol. The highest BCUT2D eigenvalue weighted by molar-refractivity contribution is 5.95. The number of alkyl halides is 3. The van der Waals surface area contributed by atoms with Gasteiger partial charge in [0.1, 0.15) is 5.56 Å². The van der Waals surface area contributed by atoms with Gasteiger partial charge in [-0.3, -0.25) is 4.79 Å². The fourth-order valence-electron chi connectivity index (χ4n) is 1.05. The molecule has 0 saturated heterocycles. The lowest BCUT2D eigenvalue weighted by molar-refractivity contribution is -0.274. The number of carboxylic acids is 1. The van der Waals surface area contributed by atoms with Crippen LogP contribution in [0.25, 0.3) is 0 Å². The van der Waals surface area contributed by atoms with Crippen LogP contribution in [0.2, 0.25) is 0 Å². The Labute approximate surface area is 87.3 Å². The first kappa shape index (κ1) is 12.0. The van der Waals surface area contributed by atoms with Crippen LogP contribution >= 0.6 is 0 Å². The molecule has 0 saturated carbocycles. The van der Waals surface area contributed by atoms with E-state index in [1.54, 1.807) is 0 Å². The molecule has 0 aromatic heterocycles. The van der Waals surface area contributed by atoms with E-state index in [2.05, 4.69) is 4.74 Å². The second-order valence-corrected chi connectivity index (χ2v) is 2.69. The van der Waals surface area contributed by atoms with Crippen molar-refractivity contribution in [1.82, 2.24) is 0 Å². The number of aromatic carboxylic acids is 1. The first-order valence-electron chi connectivity index (χ1n) is 3.92. The summed E-state index contributed by atoms with van der Waals surface area (Å²) in [5.74, 6) is -2.61. The third kappa shape index (κ3) is 2.72. The normalized spacial score (nSPS) is 10.9. The maximum absolute atomic E-state index is 12.0. The number of benzene rings is 1. The molecule has 7 heteroatoms. The van der Waals surface area contributed by atoms with Crippen LogP contribution in [-0.2, 0) is 0 Å². The highest BCUT2D eigenvalue weighted by Crippen LogP contribution is 2.29. The van der Waals surface area contributed by atoms with Crippen molar-refractivity contribution in [3.8, 4) is 5.75 Å². The van der Waals surface area contributed by atoms with Crippen LogP contribution in [0.5, 0.6) is 5.75 Å². The molecule has 0 aliphatic carbocycles. The Balaban J connectivity index is 3.30. The molecule has 0 aliphatic heterocycles. The third-order valence-electron chi connectivity index (χ3n) is 1.62. The first-order chi connectivity index (χ1) is 7.35. The predicted molar refractivity (Wildman–Crippen MR) is 45.5 cm³/mol. The number of halogens is 3. The minimum atomic E-state index is -5.05. The van der Waals surface area contributed by atoms with Gasteiger partial charge in [-0.2, -0.15) is 0 Å². The van der Waals surface area contributed by atoms with Crippen LogP contribution in [0.1, 0.15) is 20.7 Å². The molecule has 0 atom stereocenters. The topological polar surface area (TPSA) is 63.6 Å². The largest absolute Gasteiger partial charge is 0.573 e. The highest BCUT2D eigenvalue weighted by atomic mass is 19.4. The number of ether oxygens (including phenoxy) is 1. The van der Waals surface area contributed by atoms with Gasteiger partial charge in [0.2, 0.25) is 0 Å². The third-order valence-corrected chi connectivity index (χ3v) is 1.62. The zero-order valence-corrected chi connectivity index (χ0v) is 7.62. The second-order valence-electron chi connectivity index (χ2n) is 2.69. The summed E-state index contributed by atoms with van der Waals surface area (Å²) in [7, 11) is 0. The number of hydrogen-bond acceptors (Lipinski definition) is 3. The molecule has 1 N–H and O–H groups in total. The van der Waals surface area contributed by atoms with Gasteiger partial charge >= 0.3 is 12.3 Å². The number of carbonyl (C=O) groups is 2. The van der Waals surface area contributed by atoms with Crippen molar-refractivity contribution in [3.05, 3.63) is 29.3 Å². The molecular formula is C9H5F3O4. The van der Waals surface area contributed by atoms with Gasteiger partial charge in [0.05, 0.1) is 5.56 Å². The van der Waals surface area contributed by atoms with Crippen molar-refractivity contribution >= 4 is 12.3 Å². The fourth-order valence-corrected chi connectivity index (χ4v) is 1.05. The maximum atomic E-state index is 12.0. The van der Waals surface area contributed by atoms with Crippen molar-refractivity contribution in [2.24, 2.45) is 0 Å². The summed E-state index contributed by atoms with van der Waals surface area (Å²) in [6.07, 6.45) is -4.96. The minimum absolute atomic E-state index is 0.0908. The van der Waals surface area contributed by atoms with Gasteiger partial charge in [0.15, 0.2) is 12.0 Å². The number of hydrogen-bond donors (Lipinski definition) is 1. The molecular weight excluding hydrogens is 229 g/mol. The molecule has 0 unspecified atom stereocenters. The molecule has 16 heavy (non-hydrogen) atoms. The van der Waals surface area contributed by atoms with Gasteiger partial charge in [0.25, 0.3) is 0 Å². The van der Waals surface area contributed by atoms with E-state index in [4.69, 9.17) is 5.11 Å². The van der Waals surface area contributed by atoms with Crippen LogP contribution in [0.3, 0.4) is 0 Å². The van der Waals surface area contributed by atoms with E-state index >= 15 is 0 Å². The number of para-hydroxylation sites is 1. The molecule has 0 amide bonds. The molecule has 0 radical (unpaired) electrons. The standard InChI is InChI=1S/C9H5F3O4/c10-9(11,12)16-7-5(4-13)2-1-3-6(7)8(14)15/h1-4H,(H,14,15). The van der Waals surface area contributed by atoms with Crippen LogP contribution in [0, 0.1) is 0 Å². The molecule has 0 bridgehead atoms. The summed E-state index contributed by atoms with van der Waals surface area (Å²) in [5.41, 5.74) is -1.20. The van der Waals surface area contributed by atoms with Crippen molar-refractivity contribution in [2.75, 3.05) is 0 Å². The molecule has 1 rings (SSSR count). The van der Waals surface area contributed by atoms with E-state index in [0.29, 0.717) is 0 Å². The van der Waals surface area contributed by atoms with Gasteiger partial charge in [-0.15, -0.1) is 13.2 Å². The van der Waals surface area contributed by atoms with Crippen LogP contribution in [-0.4, -0.2) is 23.7 Å². The zero-order chi connectivity index (χ0) is 12.3. The molecule has 1 aromatic rings. The molecule has 0 heterocycles. The first-order valence-corrected chi connectivity index (χ1v) is 3.92. The van der Waals surface area contributed by atoms with Gasteiger partial charge < -0.3 is 9.84 Å². The number of aldehydes is 1. The Morgan fingerprint density at radius 1 is 1.38 bits per heavy atom. The smallest absolute Gasteiger partial charge is 0.478 e. The predicted octanol–water partition coefficient (Wildman–Crippen LogP) is 2.10. The van der Waals surface area contributed by atoms with E-state index in [0.717, 1.165) is 18.2 Å². The molecule has 1 aromatic carbocycles. The maximum Gasteiger partial charge on any atom is 0.573 e. The Bertz CT molecular complexity index is 425. The average Bonchev–Trinajstić information content (AvgIpc) is 2.15. The molecule has 0 fully saturated rings. The zero-order valence-electron chi connectivity index (χ0n) is 7.62.